The molecule has 40 heavy (non-hydrogen) atoms. The van der Waals surface area contributed by atoms with Crippen molar-refractivity contribution in [3.05, 3.63) is 112 Å². The zero-order valence-corrected chi connectivity index (χ0v) is 23.6. The van der Waals surface area contributed by atoms with Crippen molar-refractivity contribution >= 4 is 40.8 Å². The topological polar surface area (TPSA) is 124 Å². The molecular formula is C28H22Cl2FN5O3V. The number of hydrogen-bond acceptors (Lipinski definition) is 4. The van der Waals surface area contributed by atoms with Gasteiger partial charge < -0.3 is 20.4 Å². The number of amides is 1. The van der Waals surface area contributed by atoms with E-state index >= 15 is 0 Å². The van der Waals surface area contributed by atoms with Gasteiger partial charge in [-0.3, -0.25) is 9.59 Å². The van der Waals surface area contributed by atoms with Crippen LogP contribution in [0.2, 0.25) is 10.0 Å². The number of carboxylic acid groups (broad SMARTS) is 1. The fourth-order valence-electron chi connectivity index (χ4n) is 3.48. The summed E-state index contributed by atoms with van der Waals surface area (Å²) in [5.41, 5.74) is 3.58. The van der Waals surface area contributed by atoms with Crippen LogP contribution in [0.3, 0.4) is 0 Å². The number of carbonyl (C=O) groups is 2. The maximum absolute atomic E-state index is 12.8. The Morgan fingerprint density at radius 2 is 1.20 bits per heavy atom. The molecule has 0 bridgehead atoms. The number of benzene rings is 3. The summed E-state index contributed by atoms with van der Waals surface area (Å²) in [6.45, 7) is 0. The molecule has 0 saturated heterocycles. The number of aliphatic carboxylic acids is 1. The zero-order valence-electron chi connectivity index (χ0n) is 20.7. The summed E-state index contributed by atoms with van der Waals surface area (Å²) >= 11 is 11.6. The Morgan fingerprint density at radius 1 is 0.750 bits per heavy atom. The third-order valence-corrected chi connectivity index (χ3v) is 5.82. The second kappa shape index (κ2) is 14.5. The number of aromatic nitrogens is 4. The quantitative estimate of drug-likeness (QED) is 0.168. The molecule has 5 rings (SSSR count). The Labute approximate surface area is 250 Å². The summed E-state index contributed by atoms with van der Waals surface area (Å²) in [6.07, 6.45) is 3.24. The Bertz CT molecular complexity index is 1560. The van der Waals surface area contributed by atoms with E-state index in [1.165, 1.54) is 30.5 Å². The monoisotopic (exact) mass is 616 g/mol. The molecule has 203 valence electrons. The Hall–Kier alpha value is -3.89. The van der Waals surface area contributed by atoms with Gasteiger partial charge in [0.2, 0.25) is 5.91 Å². The maximum Gasteiger partial charge on any atom is 0.309 e. The van der Waals surface area contributed by atoms with Crippen LogP contribution >= 0.6 is 23.2 Å². The number of aromatic amines is 2. The van der Waals surface area contributed by atoms with Crippen molar-refractivity contribution in [3.8, 4) is 22.8 Å². The predicted octanol–water partition coefficient (Wildman–Crippen LogP) is 6.41. The third kappa shape index (κ3) is 9.10. The minimum Gasteiger partial charge on any atom is -0.481 e. The van der Waals surface area contributed by atoms with Crippen molar-refractivity contribution in [1.29, 1.82) is 0 Å². The molecular weight excluding hydrogens is 595 g/mol. The number of anilines is 1. The van der Waals surface area contributed by atoms with Gasteiger partial charge in [0.15, 0.2) is 0 Å². The molecule has 0 atom stereocenters. The summed E-state index contributed by atoms with van der Waals surface area (Å²) in [5.74, 6) is -0.113. The van der Waals surface area contributed by atoms with Gasteiger partial charge in [-0.2, -0.15) is 0 Å². The van der Waals surface area contributed by atoms with Crippen LogP contribution < -0.4 is 5.32 Å². The van der Waals surface area contributed by atoms with Crippen LogP contribution in [0.4, 0.5) is 10.1 Å². The van der Waals surface area contributed by atoms with E-state index in [1.807, 2.05) is 24.3 Å². The first kappa shape index (κ1) is 30.7. The Morgan fingerprint density at radius 3 is 1.65 bits per heavy atom. The number of nitrogens with zero attached hydrogens (tertiary/aromatic N) is 2. The van der Waals surface area contributed by atoms with E-state index in [0.29, 0.717) is 38.8 Å². The minimum atomic E-state index is -0.883. The van der Waals surface area contributed by atoms with Crippen molar-refractivity contribution in [2.24, 2.45) is 0 Å². The van der Waals surface area contributed by atoms with Gasteiger partial charge in [0.25, 0.3) is 0 Å². The molecule has 8 nitrogen and oxygen atoms in total. The molecule has 5 aromatic rings. The second-order valence-corrected chi connectivity index (χ2v) is 9.20. The molecule has 4 N–H and O–H groups in total. The number of rotatable bonds is 7. The van der Waals surface area contributed by atoms with Gasteiger partial charge in [-0.25, -0.2) is 14.4 Å². The van der Waals surface area contributed by atoms with E-state index in [4.69, 9.17) is 28.3 Å². The molecule has 0 aliphatic rings. The molecule has 1 amide bonds. The Balaban J connectivity index is 0.000000229. The molecule has 3 aromatic carbocycles. The first-order valence-corrected chi connectivity index (χ1v) is 12.4. The van der Waals surface area contributed by atoms with Crippen molar-refractivity contribution in [3.63, 3.8) is 0 Å². The average molecular weight is 617 g/mol. The predicted molar refractivity (Wildman–Crippen MR) is 148 cm³/mol. The van der Waals surface area contributed by atoms with Crippen LogP contribution in [0.5, 0.6) is 0 Å². The van der Waals surface area contributed by atoms with E-state index in [1.54, 1.807) is 30.5 Å². The number of nitrogens with one attached hydrogen (secondary N) is 3. The fourth-order valence-corrected chi connectivity index (χ4v) is 3.73. The number of halogens is 3. The molecule has 0 unspecified atom stereocenters. The Kier molecular flexibility index (Phi) is 11.1. The minimum absolute atomic E-state index is 0. The van der Waals surface area contributed by atoms with Gasteiger partial charge in [0, 0.05) is 69.2 Å². The molecule has 2 aromatic heterocycles. The smallest absolute Gasteiger partial charge is 0.309 e. The summed E-state index contributed by atoms with van der Waals surface area (Å²) in [5, 5.41) is 12.6. The molecule has 0 saturated carbocycles. The molecule has 0 spiro atoms. The van der Waals surface area contributed by atoms with E-state index in [9.17, 15) is 14.0 Å². The normalized spacial score (nSPS) is 10.2. The van der Waals surface area contributed by atoms with Crippen molar-refractivity contribution in [1.82, 2.24) is 19.9 Å². The summed E-state index contributed by atoms with van der Waals surface area (Å²) < 4.78 is 12.8. The molecule has 0 fully saturated rings. The van der Waals surface area contributed by atoms with Gasteiger partial charge in [-0.15, -0.1) is 0 Å². The third-order valence-electron chi connectivity index (χ3n) is 5.31. The largest absolute Gasteiger partial charge is 0.481 e. The van der Waals surface area contributed by atoms with Crippen LogP contribution in [0, 0.1) is 5.82 Å². The molecule has 0 aliphatic heterocycles. The summed E-state index contributed by atoms with van der Waals surface area (Å²) in [6, 6.07) is 20.0. The maximum atomic E-state index is 12.8. The number of hydrogen-bond donors (Lipinski definition) is 4. The SMILES string of the molecule is O=C(Cc1cnc(-c2ccc(Cl)cc2)[nH]1)Nc1ccc(F)cc1.O=C(O)Cc1cnc(-c2ccc(Cl)cc2)[nH]1.[V]. The van der Waals surface area contributed by atoms with E-state index < -0.39 is 5.97 Å². The number of imidazole rings is 2. The molecule has 12 heteroatoms. The van der Waals surface area contributed by atoms with Gasteiger partial charge in [0.05, 0.1) is 12.8 Å². The molecule has 1 radical (unpaired) electrons. The van der Waals surface area contributed by atoms with Gasteiger partial charge in [-0.1, -0.05) is 23.2 Å². The van der Waals surface area contributed by atoms with E-state index in [-0.39, 0.29) is 43.1 Å². The average Bonchev–Trinajstić information content (AvgIpc) is 3.56. The standard InChI is InChI=1S/C17H13ClFN3O.C11H9ClN2O2.V/c18-12-3-1-11(2-4-12)17-20-10-15(22-17)9-16(23)21-14-7-5-13(19)6-8-14;12-8-3-1-7(2-4-8)11-13-6-9(14-11)5-10(15)16;/h1-8,10H,9H2,(H,20,22)(H,21,23);1-4,6H,5H2,(H,13,14)(H,15,16);. The van der Waals surface area contributed by atoms with Crippen LogP contribution in [0.15, 0.2) is 85.2 Å². The first-order valence-electron chi connectivity index (χ1n) is 11.6. The first-order chi connectivity index (χ1) is 18.7. The van der Waals surface area contributed by atoms with Gasteiger partial charge in [-0.05, 0) is 72.8 Å². The molecule has 0 aliphatic carbocycles. The van der Waals surface area contributed by atoms with E-state index in [2.05, 4.69) is 25.3 Å². The van der Waals surface area contributed by atoms with Crippen LogP contribution in [-0.4, -0.2) is 36.9 Å². The summed E-state index contributed by atoms with van der Waals surface area (Å²) in [4.78, 5) is 36.9. The number of carboxylic acids is 1. The van der Waals surface area contributed by atoms with Crippen LogP contribution in [0.1, 0.15) is 11.4 Å². The van der Waals surface area contributed by atoms with Crippen LogP contribution in [-0.2, 0) is 41.0 Å². The van der Waals surface area contributed by atoms with Crippen molar-refractivity contribution in [2.75, 3.05) is 5.32 Å². The van der Waals surface area contributed by atoms with Crippen molar-refractivity contribution in [2.45, 2.75) is 12.8 Å². The van der Waals surface area contributed by atoms with Crippen molar-refractivity contribution < 1.29 is 37.6 Å². The number of H-pyrrole nitrogens is 2. The van der Waals surface area contributed by atoms with E-state index in [0.717, 1.165) is 11.1 Å². The van der Waals surface area contributed by atoms with Gasteiger partial charge >= 0.3 is 5.97 Å². The summed E-state index contributed by atoms with van der Waals surface area (Å²) in [7, 11) is 0. The van der Waals surface area contributed by atoms with Gasteiger partial charge in [0.1, 0.15) is 17.5 Å². The zero-order chi connectivity index (χ0) is 27.8. The number of carbonyl (C=O) groups excluding carboxylic acids is 1. The fraction of sp³-hybridized carbons (Fsp3) is 0.0714. The molecule has 2 heterocycles. The second-order valence-electron chi connectivity index (χ2n) is 8.33. The van der Waals surface area contributed by atoms with Crippen LogP contribution in [0.25, 0.3) is 22.8 Å².